The summed E-state index contributed by atoms with van der Waals surface area (Å²) in [5.74, 6) is -2.49. The highest BCUT2D eigenvalue weighted by molar-refractivity contribution is 6.05. The first-order chi connectivity index (χ1) is 30.0. The van der Waals surface area contributed by atoms with Gasteiger partial charge < -0.3 is 36.6 Å². The third-order valence-electron chi connectivity index (χ3n) is 10.9. The average Bonchev–Trinajstić information content (AvgIpc) is 3.23. The molecule has 0 aromatic carbocycles. The maximum Gasteiger partial charge on any atom is 0.261 e. The van der Waals surface area contributed by atoms with Gasteiger partial charge in [-0.15, -0.1) is 0 Å². The van der Waals surface area contributed by atoms with E-state index in [0.717, 1.165) is 32.1 Å². The SMILES string of the molecule is CCCC(C)(C)OCCC(=O)NCCCCC1(C(=O)NCCCCCNC(=O)CCC(=O)NCCCCCN(O)C(=O)CCC(=O)NCCCCCNC(C)=O)CCCN(O)C1=O. The predicted octanol–water partition coefficient (Wildman–Crippen LogP) is 3.15. The fraction of sp³-hybridized carbons (Fsp3) is 0.818. The zero-order valence-electron chi connectivity index (χ0n) is 38.7. The molecule has 8 N–H and O–H groups in total. The quantitative estimate of drug-likeness (QED) is 0.0196. The molecule has 362 valence electrons. The van der Waals surface area contributed by atoms with Crippen LogP contribution in [0.25, 0.3) is 0 Å². The Hall–Kier alpha value is -4.36. The largest absolute Gasteiger partial charge is 0.375 e. The van der Waals surface area contributed by atoms with Crippen LogP contribution in [0.15, 0.2) is 0 Å². The molecule has 0 aromatic heterocycles. The molecule has 0 spiro atoms. The van der Waals surface area contributed by atoms with Gasteiger partial charge in [-0.05, 0) is 104 Å². The summed E-state index contributed by atoms with van der Waals surface area (Å²) in [6.07, 6.45) is 10.5. The van der Waals surface area contributed by atoms with Gasteiger partial charge in [-0.2, -0.15) is 0 Å². The minimum absolute atomic E-state index is 0.0200. The predicted molar refractivity (Wildman–Crippen MR) is 236 cm³/mol. The summed E-state index contributed by atoms with van der Waals surface area (Å²) in [6, 6.07) is 0. The van der Waals surface area contributed by atoms with Crippen LogP contribution >= 0.6 is 0 Å². The first kappa shape index (κ1) is 56.7. The van der Waals surface area contributed by atoms with Gasteiger partial charge in [0, 0.05) is 91.4 Å². The van der Waals surface area contributed by atoms with Crippen molar-refractivity contribution < 1.29 is 53.5 Å². The molecule has 19 nitrogen and oxygen atoms in total. The molecule has 1 saturated heterocycles. The van der Waals surface area contributed by atoms with Crippen LogP contribution in [-0.2, 0) is 43.1 Å². The lowest BCUT2D eigenvalue weighted by atomic mass is 9.74. The van der Waals surface area contributed by atoms with Crippen LogP contribution in [0.4, 0.5) is 0 Å². The van der Waals surface area contributed by atoms with E-state index in [1.165, 1.54) is 6.92 Å². The molecule has 0 aromatic rings. The van der Waals surface area contributed by atoms with Gasteiger partial charge in [0.2, 0.25) is 41.4 Å². The van der Waals surface area contributed by atoms with E-state index in [2.05, 4.69) is 38.8 Å². The number of amides is 8. The summed E-state index contributed by atoms with van der Waals surface area (Å²) in [5.41, 5.74) is -1.63. The van der Waals surface area contributed by atoms with Crippen molar-refractivity contribution in [2.45, 2.75) is 168 Å². The molecule has 8 amide bonds. The zero-order valence-corrected chi connectivity index (χ0v) is 38.7. The van der Waals surface area contributed by atoms with Gasteiger partial charge in [0.05, 0.1) is 12.2 Å². The van der Waals surface area contributed by atoms with Crippen LogP contribution in [0.2, 0.25) is 0 Å². The first-order valence-electron chi connectivity index (χ1n) is 23.3. The smallest absolute Gasteiger partial charge is 0.261 e. The molecule has 63 heavy (non-hydrogen) atoms. The molecule has 0 saturated carbocycles. The number of carbonyl (C=O) groups is 8. The normalized spacial score (nSPS) is 15.0. The summed E-state index contributed by atoms with van der Waals surface area (Å²) in [4.78, 5) is 98.1. The van der Waals surface area contributed by atoms with Gasteiger partial charge in [0.15, 0.2) is 0 Å². The van der Waals surface area contributed by atoms with Crippen molar-refractivity contribution in [3.63, 3.8) is 0 Å². The monoisotopic (exact) mass is 897 g/mol. The van der Waals surface area contributed by atoms with Gasteiger partial charge >= 0.3 is 0 Å². The standard InChI is InChI=1S/C44H80N8O11/c1-5-23-43(3,4)63-34-22-39(57)49-30-15-9-24-44(25-17-33-52(62)42(44)60)41(59)50-31-13-7-12-27-46-36(54)18-19-37(55)47-29-14-8-16-32-51(61)40(58)21-20-38(56)48-28-11-6-10-26-45-35(2)53/h61-62H,5-34H2,1-4H3,(H,45,53)(H,46,54)(H,47,55)(H,48,56)(H,49,57)(H,50,59). The molecule has 0 radical (unpaired) electrons. The molecule has 0 aliphatic carbocycles. The number of unbranched alkanes of at least 4 members (excludes halogenated alkanes) is 7. The molecule has 19 heteroatoms. The number of piperidine rings is 1. The third kappa shape index (κ3) is 26.8. The van der Waals surface area contributed by atoms with Crippen LogP contribution in [0.5, 0.6) is 0 Å². The Morgan fingerprint density at radius 3 is 1.65 bits per heavy atom. The maximum absolute atomic E-state index is 13.4. The van der Waals surface area contributed by atoms with Gasteiger partial charge in [-0.25, -0.2) is 10.1 Å². The highest BCUT2D eigenvalue weighted by Crippen LogP contribution is 2.36. The Morgan fingerprint density at radius 2 is 1.13 bits per heavy atom. The fourth-order valence-electron chi connectivity index (χ4n) is 7.21. The molecule has 1 fully saturated rings. The molecule has 1 heterocycles. The molecule has 1 unspecified atom stereocenters. The second-order valence-electron chi connectivity index (χ2n) is 17.0. The Labute approximate surface area is 374 Å². The lowest BCUT2D eigenvalue weighted by molar-refractivity contribution is -0.188. The first-order valence-corrected chi connectivity index (χ1v) is 23.3. The van der Waals surface area contributed by atoms with E-state index in [-0.39, 0.29) is 86.8 Å². The topological polar surface area (TPSA) is 265 Å². The number of ether oxygens (including phenoxy) is 1. The van der Waals surface area contributed by atoms with Gasteiger partial charge in [-0.1, -0.05) is 19.8 Å². The van der Waals surface area contributed by atoms with Gasteiger partial charge in [0.1, 0.15) is 5.41 Å². The lowest BCUT2D eigenvalue weighted by Gasteiger charge is -2.37. The molecule has 1 rings (SSSR count). The molecule has 1 aliphatic heterocycles. The number of hydrogen-bond acceptors (Lipinski definition) is 11. The molecule has 1 atom stereocenters. The Balaban J connectivity index is 2.15. The van der Waals surface area contributed by atoms with Crippen molar-refractivity contribution in [1.29, 1.82) is 0 Å². The van der Waals surface area contributed by atoms with Crippen LogP contribution in [-0.4, -0.2) is 132 Å². The Kier molecular flexibility index (Phi) is 29.8. The molecular weight excluding hydrogens is 817 g/mol. The summed E-state index contributed by atoms with van der Waals surface area (Å²) in [7, 11) is 0. The molecule has 1 aliphatic rings. The summed E-state index contributed by atoms with van der Waals surface area (Å²) >= 11 is 0. The van der Waals surface area contributed by atoms with Crippen molar-refractivity contribution in [3.8, 4) is 0 Å². The maximum atomic E-state index is 13.4. The van der Waals surface area contributed by atoms with Crippen LogP contribution in [0.3, 0.4) is 0 Å². The van der Waals surface area contributed by atoms with Gasteiger partial charge in [0.25, 0.3) is 5.91 Å². The zero-order chi connectivity index (χ0) is 46.9. The minimum Gasteiger partial charge on any atom is -0.375 e. The Morgan fingerprint density at radius 1 is 0.667 bits per heavy atom. The molecule has 0 bridgehead atoms. The van der Waals surface area contributed by atoms with E-state index in [4.69, 9.17) is 4.74 Å². The molecular formula is C44H80N8O11. The fourth-order valence-corrected chi connectivity index (χ4v) is 7.21. The van der Waals surface area contributed by atoms with E-state index >= 15 is 0 Å². The van der Waals surface area contributed by atoms with Crippen molar-refractivity contribution in [3.05, 3.63) is 0 Å². The van der Waals surface area contributed by atoms with Crippen LogP contribution in [0.1, 0.15) is 163 Å². The Bertz CT molecular complexity index is 1420. The van der Waals surface area contributed by atoms with Crippen molar-refractivity contribution in [2.24, 2.45) is 5.41 Å². The number of carbonyl (C=O) groups excluding carboxylic acids is 8. The van der Waals surface area contributed by atoms with Crippen molar-refractivity contribution >= 4 is 47.3 Å². The van der Waals surface area contributed by atoms with Crippen LogP contribution in [0, 0.1) is 5.41 Å². The number of nitrogens with one attached hydrogen (secondary N) is 6. The van der Waals surface area contributed by atoms with Crippen LogP contribution < -0.4 is 31.9 Å². The van der Waals surface area contributed by atoms with E-state index in [1.54, 1.807) is 0 Å². The minimum atomic E-state index is -1.36. The summed E-state index contributed by atoms with van der Waals surface area (Å²) in [5, 5.41) is 38.2. The lowest BCUT2D eigenvalue weighted by Crippen LogP contribution is -2.55. The second-order valence-corrected chi connectivity index (χ2v) is 17.0. The van der Waals surface area contributed by atoms with Crippen molar-refractivity contribution in [1.82, 2.24) is 42.0 Å². The van der Waals surface area contributed by atoms with E-state index in [1.807, 2.05) is 13.8 Å². The van der Waals surface area contributed by atoms with E-state index in [9.17, 15) is 48.8 Å². The second kappa shape index (κ2) is 33.2. The highest BCUT2D eigenvalue weighted by Gasteiger charge is 2.49. The van der Waals surface area contributed by atoms with Gasteiger partial charge in [-0.3, -0.25) is 48.8 Å². The number of rotatable bonds is 36. The summed E-state index contributed by atoms with van der Waals surface area (Å²) < 4.78 is 5.82. The number of hydroxylamine groups is 4. The summed E-state index contributed by atoms with van der Waals surface area (Å²) in [6.45, 7) is 10.8. The number of nitrogens with zero attached hydrogens (tertiary/aromatic N) is 2. The van der Waals surface area contributed by atoms with E-state index in [0.29, 0.717) is 120 Å². The van der Waals surface area contributed by atoms with E-state index < -0.39 is 23.1 Å². The third-order valence-corrected chi connectivity index (χ3v) is 10.9. The number of hydrogen-bond donors (Lipinski definition) is 8. The highest BCUT2D eigenvalue weighted by atomic mass is 16.5. The van der Waals surface area contributed by atoms with Crippen molar-refractivity contribution in [2.75, 3.05) is 59.0 Å². The average molecular weight is 897 g/mol.